The van der Waals surface area contributed by atoms with Crippen molar-refractivity contribution in [2.75, 3.05) is 17.6 Å². The first-order valence-electron chi connectivity index (χ1n) is 6.45. The Hall–Kier alpha value is -0.700. The zero-order valence-electron chi connectivity index (χ0n) is 10.1. The second-order valence-corrected chi connectivity index (χ2v) is 5.98. The zero-order chi connectivity index (χ0) is 11.9. The lowest BCUT2D eigenvalue weighted by atomic mass is 10.0. The number of halogens is 1. The first kappa shape index (κ1) is 12.7. The molecule has 0 spiro atoms. The van der Waals surface area contributed by atoms with Crippen LogP contribution in [0.25, 0.3) is 0 Å². The molecular formula is C14H20FNS. The van der Waals surface area contributed by atoms with Gasteiger partial charge < -0.3 is 5.32 Å². The molecule has 0 aromatic heterocycles. The number of anilines is 1. The summed E-state index contributed by atoms with van der Waals surface area (Å²) in [5, 5.41) is 4.12. The van der Waals surface area contributed by atoms with Gasteiger partial charge in [-0.1, -0.05) is 25.3 Å². The van der Waals surface area contributed by atoms with E-state index in [-0.39, 0.29) is 5.82 Å². The number of benzene rings is 1. The Morgan fingerprint density at radius 2 is 2.06 bits per heavy atom. The van der Waals surface area contributed by atoms with Crippen molar-refractivity contribution in [3.63, 3.8) is 0 Å². The van der Waals surface area contributed by atoms with Gasteiger partial charge in [-0.2, -0.15) is 11.8 Å². The first-order valence-corrected chi connectivity index (χ1v) is 7.50. The first-order chi connectivity index (χ1) is 8.34. The van der Waals surface area contributed by atoms with Crippen LogP contribution in [0.1, 0.15) is 32.1 Å². The van der Waals surface area contributed by atoms with E-state index in [0.717, 1.165) is 23.2 Å². The SMILES string of the molecule is Fc1cccc(NCCSC2CCCCC2)c1. The minimum absolute atomic E-state index is 0.171. The standard InChI is InChI=1S/C14H20FNS/c15-12-5-4-6-13(11-12)16-9-10-17-14-7-2-1-3-8-14/h4-6,11,14,16H,1-3,7-10H2. The molecule has 0 aliphatic heterocycles. The Morgan fingerprint density at radius 1 is 1.24 bits per heavy atom. The van der Waals surface area contributed by atoms with Crippen LogP contribution in [0, 0.1) is 5.82 Å². The summed E-state index contributed by atoms with van der Waals surface area (Å²) in [5.74, 6) is 0.941. The summed E-state index contributed by atoms with van der Waals surface area (Å²) in [4.78, 5) is 0. The molecule has 1 N–H and O–H groups in total. The van der Waals surface area contributed by atoms with Crippen molar-refractivity contribution in [1.82, 2.24) is 0 Å². The van der Waals surface area contributed by atoms with Gasteiger partial charge in [0.1, 0.15) is 5.82 Å². The summed E-state index contributed by atoms with van der Waals surface area (Å²) in [6.07, 6.45) is 6.97. The van der Waals surface area contributed by atoms with Crippen LogP contribution in [-0.2, 0) is 0 Å². The van der Waals surface area contributed by atoms with Crippen molar-refractivity contribution in [3.8, 4) is 0 Å². The lowest BCUT2D eigenvalue weighted by Gasteiger charge is -2.21. The minimum atomic E-state index is -0.171. The summed E-state index contributed by atoms with van der Waals surface area (Å²) >= 11 is 2.06. The van der Waals surface area contributed by atoms with E-state index in [9.17, 15) is 4.39 Å². The minimum Gasteiger partial charge on any atom is -0.384 e. The highest BCUT2D eigenvalue weighted by Gasteiger charge is 2.12. The Labute approximate surface area is 107 Å². The van der Waals surface area contributed by atoms with Crippen LogP contribution in [0.2, 0.25) is 0 Å². The van der Waals surface area contributed by atoms with Crippen LogP contribution in [-0.4, -0.2) is 17.5 Å². The smallest absolute Gasteiger partial charge is 0.125 e. The summed E-state index contributed by atoms with van der Waals surface area (Å²) < 4.78 is 12.9. The largest absolute Gasteiger partial charge is 0.384 e. The third-order valence-corrected chi connectivity index (χ3v) is 4.54. The molecule has 0 heterocycles. The monoisotopic (exact) mass is 253 g/mol. The van der Waals surface area contributed by atoms with Crippen molar-refractivity contribution >= 4 is 17.4 Å². The van der Waals surface area contributed by atoms with Crippen molar-refractivity contribution in [2.24, 2.45) is 0 Å². The van der Waals surface area contributed by atoms with E-state index in [1.807, 2.05) is 6.07 Å². The van der Waals surface area contributed by atoms with Gasteiger partial charge in [0.25, 0.3) is 0 Å². The van der Waals surface area contributed by atoms with E-state index < -0.39 is 0 Å². The van der Waals surface area contributed by atoms with Gasteiger partial charge in [-0.05, 0) is 31.0 Å². The van der Waals surface area contributed by atoms with Crippen molar-refractivity contribution in [1.29, 1.82) is 0 Å². The second kappa shape index (κ2) is 6.90. The number of nitrogens with one attached hydrogen (secondary N) is 1. The molecule has 1 aromatic carbocycles. The third-order valence-electron chi connectivity index (χ3n) is 3.16. The number of rotatable bonds is 5. The molecule has 1 nitrogen and oxygen atoms in total. The maximum Gasteiger partial charge on any atom is 0.125 e. The van der Waals surface area contributed by atoms with Crippen LogP contribution in [0.5, 0.6) is 0 Å². The van der Waals surface area contributed by atoms with Gasteiger partial charge >= 0.3 is 0 Å². The van der Waals surface area contributed by atoms with E-state index in [0.29, 0.717) is 0 Å². The van der Waals surface area contributed by atoms with Gasteiger partial charge in [0, 0.05) is 23.2 Å². The van der Waals surface area contributed by atoms with Crippen LogP contribution in [0.15, 0.2) is 24.3 Å². The van der Waals surface area contributed by atoms with Gasteiger partial charge in [-0.25, -0.2) is 4.39 Å². The summed E-state index contributed by atoms with van der Waals surface area (Å²) in [6.45, 7) is 0.921. The fourth-order valence-corrected chi connectivity index (χ4v) is 3.47. The molecule has 0 unspecified atom stereocenters. The molecule has 3 heteroatoms. The van der Waals surface area contributed by atoms with Gasteiger partial charge in [0.2, 0.25) is 0 Å². The molecule has 0 saturated heterocycles. The Morgan fingerprint density at radius 3 is 2.82 bits per heavy atom. The third kappa shape index (κ3) is 4.58. The molecule has 17 heavy (non-hydrogen) atoms. The second-order valence-electron chi connectivity index (χ2n) is 4.57. The topological polar surface area (TPSA) is 12.0 Å². The summed E-state index contributed by atoms with van der Waals surface area (Å²) in [5.41, 5.74) is 0.884. The molecule has 2 rings (SSSR count). The molecule has 1 aromatic rings. The normalized spacial score (nSPS) is 17.0. The summed E-state index contributed by atoms with van der Waals surface area (Å²) in [7, 11) is 0. The van der Waals surface area contributed by atoms with E-state index in [4.69, 9.17) is 0 Å². The van der Waals surface area contributed by atoms with Crippen LogP contribution < -0.4 is 5.32 Å². The molecular weight excluding hydrogens is 233 g/mol. The van der Waals surface area contributed by atoms with Gasteiger partial charge in [0.05, 0.1) is 0 Å². The van der Waals surface area contributed by atoms with E-state index in [2.05, 4.69) is 17.1 Å². The van der Waals surface area contributed by atoms with E-state index in [1.54, 1.807) is 12.1 Å². The Kier molecular flexibility index (Phi) is 5.17. The summed E-state index contributed by atoms with van der Waals surface area (Å²) in [6, 6.07) is 6.67. The Balaban J connectivity index is 1.62. The molecule has 1 aliphatic rings. The predicted octanol–water partition coefficient (Wildman–Crippen LogP) is 4.30. The number of hydrogen-bond acceptors (Lipinski definition) is 2. The fourth-order valence-electron chi connectivity index (χ4n) is 2.25. The maximum atomic E-state index is 12.9. The van der Waals surface area contributed by atoms with Crippen LogP contribution in [0.4, 0.5) is 10.1 Å². The highest BCUT2D eigenvalue weighted by Crippen LogP contribution is 2.27. The maximum absolute atomic E-state index is 12.9. The molecule has 0 bridgehead atoms. The lowest BCUT2D eigenvalue weighted by Crippen LogP contribution is -2.12. The van der Waals surface area contributed by atoms with Crippen LogP contribution in [0.3, 0.4) is 0 Å². The van der Waals surface area contributed by atoms with E-state index in [1.165, 1.54) is 38.2 Å². The van der Waals surface area contributed by atoms with Gasteiger partial charge in [-0.3, -0.25) is 0 Å². The zero-order valence-corrected chi connectivity index (χ0v) is 10.9. The van der Waals surface area contributed by atoms with E-state index >= 15 is 0 Å². The van der Waals surface area contributed by atoms with Crippen molar-refractivity contribution < 1.29 is 4.39 Å². The van der Waals surface area contributed by atoms with Crippen molar-refractivity contribution in [3.05, 3.63) is 30.1 Å². The Bertz CT molecular complexity index is 337. The highest BCUT2D eigenvalue weighted by molar-refractivity contribution is 7.99. The number of hydrogen-bond donors (Lipinski definition) is 1. The molecule has 1 saturated carbocycles. The number of thioether (sulfide) groups is 1. The molecule has 0 amide bonds. The average Bonchev–Trinajstić information content (AvgIpc) is 2.36. The van der Waals surface area contributed by atoms with Gasteiger partial charge in [-0.15, -0.1) is 0 Å². The lowest BCUT2D eigenvalue weighted by molar-refractivity contribution is 0.516. The molecule has 94 valence electrons. The molecule has 1 aliphatic carbocycles. The fraction of sp³-hybridized carbons (Fsp3) is 0.571. The molecule has 0 atom stereocenters. The highest BCUT2D eigenvalue weighted by atomic mass is 32.2. The predicted molar refractivity (Wildman–Crippen MR) is 74.2 cm³/mol. The van der Waals surface area contributed by atoms with Gasteiger partial charge in [0.15, 0.2) is 0 Å². The quantitative estimate of drug-likeness (QED) is 0.785. The average molecular weight is 253 g/mol. The molecule has 1 fully saturated rings. The molecule has 0 radical (unpaired) electrons. The van der Waals surface area contributed by atoms with Crippen molar-refractivity contribution in [2.45, 2.75) is 37.4 Å². The van der Waals surface area contributed by atoms with Crippen LogP contribution >= 0.6 is 11.8 Å².